The number of benzene rings is 1. The molecule has 166 valence electrons. The molecule has 0 fully saturated rings. The number of nitrogens with zero attached hydrogens (tertiary/aromatic N) is 2. The molecule has 0 N–H and O–H groups in total. The zero-order chi connectivity index (χ0) is 22.6. The molecule has 6 nitrogen and oxygen atoms in total. The van der Waals surface area contributed by atoms with E-state index in [0.29, 0.717) is 31.1 Å². The van der Waals surface area contributed by atoms with Gasteiger partial charge in [-0.1, -0.05) is 6.08 Å². The van der Waals surface area contributed by atoms with Crippen LogP contribution >= 0.6 is 0 Å². The van der Waals surface area contributed by atoms with Crippen molar-refractivity contribution in [2.24, 2.45) is 0 Å². The molecule has 2 aromatic rings. The third-order valence-corrected chi connectivity index (χ3v) is 4.25. The molecular weight excluding hydrogens is 413 g/mol. The molecule has 0 aliphatic carbocycles. The molecule has 0 unspecified atom stereocenters. The van der Waals surface area contributed by atoms with Gasteiger partial charge in [-0.2, -0.15) is 0 Å². The lowest BCUT2D eigenvalue weighted by Gasteiger charge is -2.29. The Hall–Kier alpha value is -3.23. The molecule has 0 saturated heterocycles. The minimum Gasteiger partial charge on any atom is -0.444 e. The summed E-state index contributed by atoms with van der Waals surface area (Å²) in [5, 5.41) is 0. The molecule has 0 bridgehead atoms. The third-order valence-electron chi connectivity index (χ3n) is 4.25. The highest BCUT2D eigenvalue weighted by molar-refractivity contribution is 5.74. The zero-order valence-corrected chi connectivity index (χ0v) is 17.4. The Kier molecular flexibility index (Phi) is 6.42. The van der Waals surface area contributed by atoms with E-state index in [1.807, 2.05) is 32.9 Å². The normalized spacial score (nSPS) is 14.6. The number of hydrogen-bond donors (Lipinski definition) is 0. The number of halogens is 3. The second-order valence-electron chi connectivity index (χ2n) is 7.88. The van der Waals surface area contributed by atoms with Crippen LogP contribution in [0.5, 0.6) is 17.4 Å². The molecule has 1 aromatic carbocycles. The first-order valence-electron chi connectivity index (χ1n) is 9.66. The predicted molar refractivity (Wildman–Crippen MR) is 108 cm³/mol. The summed E-state index contributed by atoms with van der Waals surface area (Å²) in [6.07, 6.45) is -1.06. The quantitative estimate of drug-likeness (QED) is 0.607. The van der Waals surface area contributed by atoms with Crippen molar-refractivity contribution in [3.05, 3.63) is 54.2 Å². The van der Waals surface area contributed by atoms with Crippen molar-refractivity contribution in [3.63, 3.8) is 0 Å². The average molecular weight is 436 g/mol. The lowest BCUT2D eigenvalue weighted by molar-refractivity contribution is -0.274. The van der Waals surface area contributed by atoms with E-state index in [-0.39, 0.29) is 11.8 Å². The summed E-state index contributed by atoms with van der Waals surface area (Å²) in [7, 11) is 0. The highest BCUT2D eigenvalue weighted by atomic mass is 19.4. The molecule has 1 aliphatic rings. The topological polar surface area (TPSA) is 60.9 Å². The summed E-state index contributed by atoms with van der Waals surface area (Å²) in [4.78, 5) is 18.1. The van der Waals surface area contributed by atoms with Gasteiger partial charge in [0.2, 0.25) is 5.88 Å². The Morgan fingerprint density at radius 2 is 1.74 bits per heavy atom. The minimum absolute atomic E-state index is 0.321. The van der Waals surface area contributed by atoms with Gasteiger partial charge in [0.15, 0.2) is 0 Å². The molecular formula is C22H23F3N2O4. The Balaban J connectivity index is 1.70. The van der Waals surface area contributed by atoms with E-state index in [1.54, 1.807) is 17.2 Å². The van der Waals surface area contributed by atoms with Crippen molar-refractivity contribution in [1.29, 1.82) is 0 Å². The SMILES string of the molecule is CC(C)(C)OC(=O)N1CC=C(c2cccnc2Oc2ccc(OC(F)(F)F)cc2)CC1. The molecule has 2 heterocycles. The number of carbonyl (C=O) groups excluding carboxylic acids is 1. The average Bonchev–Trinajstić information content (AvgIpc) is 2.68. The van der Waals surface area contributed by atoms with Crippen molar-refractivity contribution in [2.45, 2.75) is 39.2 Å². The van der Waals surface area contributed by atoms with Gasteiger partial charge in [-0.15, -0.1) is 13.2 Å². The Morgan fingerprint density at radius 1 is 1.06 bits per heavy atom. The first kappa shape index (κ1) is 22.5. The molecule has 1 amide bonds. The van der Waals surface area contributed by atoms with Crippen molar-refractivity contribution in [2.75, 3.05) is 13.1 Å². The molecule has 0 spiro atoms. The minimum atomic E-state index is -4.75. The van der Waals surface area contributed by atoms with Crippen molar-refractivity contribution >= 4 is 11.7 Å². The van der Waals surface area contributed by atoms with E-state index in [4.69, 9.17) is 9.47 Å². The second-order valence-corrected chi connectivity index (χ2v) is 7.88. The Morgan fingerprint density at radius 3 is 2.32 bits per heavy atom. The molecule has 0 radical (unpaired) electrons. The van der Waals surface area contributed by atoms with Crippen molar-refractivity contribution in [3.8, 4) is 17.4 Å². The summed E-state index contributed by atoms with van der Waals surface area (Å²) in [5.74, 6) is 0.309. The maximum absolute atomic E-state index is 12.3. The number of rotatable bonds is 4. The van der Waals surface area contributed by atoms with Gasteiger partial charge in [-0.25, -0.2) is 9.78 Å². The summed E-state index contributed by atoms with van der Waals surface area (Å²) in [5.41, 5.74) is 1.15. The fourth-order valence-corrected chi connectivity index (χ4v) is 2.94. The van der Waals surface area contributed by atoms with Crippen LogP contribution in [-0.2, 0) is 4.74 Å². The largest absolute Gasteiger partial charge is 0.573 e. The van der Waals surface area contributed by atoms with Gasteiger partial charge in [0.1, 0.15) is 17.1 Å². The van der Waals surface area contributed by atoms with Gasteiger partial charge < -0.3 is 19.1 Å². The van der Waals surface area contributed by atoms with Crippen LogP contribution in [0.15, 0.2) is 48.7 Å². The molecule has 31 heavy (non-hydrogen) atoms. The van der Waals surface area contributed by atoms with Gasteiger partial charge in [-0.3, -0.25) is 0 Å². The molecule has 9 heteroatoms. The number of pyridine rings is 1. The van der Waals surface area contributed by atoms with Gasteiger partial charge in [-0.05, 0) is 69.2 Å². The molecule has 1 aliphatic heterocycles. The molecule has 1 aromatic heterocycles. The number of alkyl halides is 3. The highest BCUT2D eigenvalue weighted by Gasteiger charge is 2.31. The Bertz CT molecular complexity index is 950. The van der Waals surface area contributed by atoms with Crippen molar-refractivity contribution in [1.82, 2.24) is 9.88 Å². The standard InChI is InChI=1S/C22H23F3N2O4/c1-21(2,3)31-20(28)27-13-10-15(11-14-27)18-5-4-12-26-19(18)29-16-6-8-17(9-7-16)30-22(23,24)25/h4-10,12H,11,13-14H2,1-3H3. The first-order valence-corrected chi connectivity index (χ1v) is 9.66. The van der Waals surface area contributed by atoms with Crippen LogP contribution in [0.25, 0.3) is 5.57 Å². The van der Waals surface area contributed by atoms with Gasteiger partial charge in [0.05, 0.1) is 0 Å². The lowest BCUT2D eigenvalue weighted by Crippen LogP contribution is -2.39. The monoisotopic (exact) mass is 436 g/mol. The fourth-order valence-electron chi connectivity index (χ4n) is 2.94. The maximum atomic E-state index is 12.3. The van der Waals surface area contributed by atoms with Crippen LogP contribution < -0.4 is 9.47 Å². The zero-order valence-electron chi connectivity index (χ0n) is 17.4. The van der Waals surface area contributed by atoms with Gasteiger partial charge in [0.25, 0.3) is 0 Å². The van der Waals surface area contributed by atoms with Crippen LogP contribution in [0.4, 0.5) is 18.0 Å². The first-order chi connectivity index (χ1) is 14.5. The highest BCUT2D eigenvalue weighted by Crippen LogP contribution is 2.33. The number of hydrogen-bond acceptors (Lipinski definition) is 5. The van der Waals surface area contributed by atoms with Crippen LogP contribution in [0.3, 0.4) is 0 Å². The van der Waals surface area contributed by atoms with Crippen LogP contribution in [0.2, 0.25) is 0 Å². The second kappa shape index (κ2) is 8.87. The number of aromatic nitrogens is 1. The summed E-state index contributed by atoms with van der Waals surface area (Å²) in [6, 6.07) is 8.70. The van der Waals surface area contributed by atoms with Crippen LogP contribution in [-0.4, -0.2) is 41.0 Å². The smallest absolute Gasteiger partial charge is 0.444 e. The van der Waals surface area contributed by atoms with E-state index in [2.05, 4.69) is 9.72 Å². The lowest BCUT2D eigenvalue weighted by atomic mass is 10.0. The van der Waals surface area contributed by atoms with Crippen LogP contribution in [0, 0.1) is 0 Å². The summed E-state index contributed by atoms with van der Waals surface area (Å²) < 4.78 is 52.0. The van der Waals surface area contributed by atoms with Gasteiger partial charge >= 0.3 is 12.5 Å². The third kappa shape index (κ3) is 6.63. The van der Waals surface area contributed by atoms with E-state index < -0.39 is 12.0 Å². The summed E-state index contributed by atoms with van der Waals surface area (Å²) >= 11 is 0. The van der Waals surface area contributed by atoms with Crippen LogP contribution in [0.1, 0.15) is 32.8 Å². The molecule has 3 rings (SSSR count). The van der Waals surface area contributed by atoms with E-state index >= 15 is 0 Å². The number of carbonyl (C=O) groups is 1. The fraction of sp³-hybridized carbons (Fsp3) is 0.364. The van der Waals surface area contributed by atoms with Crippen molar-refractivity contribution < 1.29 is 32.2 Å². The van der Waals surface area contributed by atoms with E-state index in [1.165, 1.54) is 24.3 Å². The molecule has 0 saturated carbocycles. The van der Waals surface area contributed by atoms with E-state index in [0.717, 1.165) is 11.1 Å². The number of amides is 1. The van der Waals surface area contributed by atoms with Gasteiger partial charge in [0, 0.05) is 24.8 Å². The van der Waals surface area contributed by atoms with E-state index in [9.17, 15) is 18.0 Å². The number of ether oxygens (including phenoxy) is 3. The molecule has 0 atom stereocenters. The maximum Gasteiger partial charge on any atom is 0.573 e. The summed E-state index contributed by atoms with van der Waals surface area (Å²) in [6.45, 7) is 6.33. The predicted octanol–water partition coefficient (Wildman–Crippen LogP) is 5.80. The Labute approximate surface area is 178 Å².